The molecule has 0 spiro atoms. The van der Waals surface area contributed by atoms with Crippen LogP contribution in [0.4, 0.5) is 0 Å². The zero-order valence-corrected chi connectivity index (χ0v) is 13.5. The third kappa shape index (κ3) is 3.21. The van der Waals surface area contributed by atoms with Gasteiger partial charge in [-0.1, -0.05) is 6.07 Å². The highest BCUT2D eigenvalue weighted by molar-refractivity contribution is 5.85. The second-order valence-electron chi connectivity index (χ2n) is 6.34. The Hall–Kier alpha value is -2.53. The van der Waals surface area contributed by atoms with Crippen molar-refractivity contribution in [2.24, 2.45) is 0 Å². The second-order valence-corrected chi connectivity index (χ2v) is 6.34. The van der Waals surface area contributed by atoms with Crippen molar-refractivity contribution in [1.82, 2.24) is 15.2 Å². The molecule has 1 aliphatic rings. The third-order valence-electron chi connectivity index (χ3n) is 4.57. The van der Waals surface area contributed by atoms with Gasteiger partial charge in [-0.3, -0.25) is 9.69 Å². The standard InChI is InChI=1S/C19H21N3O2/c23-19(12-22-7-1-2-8-22)21-11-17-10-16(13-24-17)14-3-4-18-15(9-14)5-6-20-18/h3-6,9-10,13,20H,1-2,7-8,11-12H2,(H,21,23). The number of benzene rings is 1. The van der Waals surface area contributed by atoms with E-state index in [2.05, 4.69) is 39.5 Å². The molecule has 3 heterocycles. The number of nitrogens with one attached hydrogen (secondary N) is 2. The lowest BCUT2D eigenvalue weighted by atomic mass is 10.1. The van der Waals surface area contributed by atoms with Crippen molar-refractivity contribution in [2.45, 2.75) is 19.4 Å². The van der Waals surface area contributed by atoms with Crippen LogP contribution >= 0.6 is 0 Å². The summed E-state index contributed by atoms with van der Waals surface area (Å²) in [4.78, 5) is 17.3. The number of furan rings is 1. The topological polar surface area (TPSA) is 61.3 Å². The van der Waals surface area contributed by atoms with Crippen molar-refractivity contribution in [3.63, 3.8) is 0 Å². The minimum absolute atomic E-state index is 0.0589. The van der Waals surface area contributed by atoms with E-state index < -0.39 is 0 Å². The zero-order chi connectivity index (χ0) is 16.4. The number of aromatic amines is 1. The smallest absolute Gasteiger partial charge is 0.234 e. The van der Waals surface area contributed by atoms with Crippen LogP contribution in [-0.2, 0) is 11.3 Å². The normalized spacial score (nSPS) is 15.2. The van der Waals surface area contributed by atoms with Gasteiger partial charge in [-0.25, -0.2) is 0 Å². The van der Waals surface area contributed by atoms with Crippen LogP contribution in [0, 0.1) is 0 Å². The maximum absolute atomic E-state index is 12.0. The summed E-state index contributed by atoms with van der Waals surface area (Å²) in [5.74, 6) is 0.831. The Balaban J connectivity index is 1.38. The summed E-state index contributed by atoms with van der Waals surface area (Å²) >= 11 is 0. The first-order valence-corrected chi connectivity index (χ1v) is 8.42. The highest BCUT2D eigenvalue weighted by Crippen LogP contribution is 2.25. The van der Waals surface area contributed by atoms with Gasteiger partial charge in [0.15, 0.2) is 0 Å². The number of rotatable bonds is 5. The fourth-order valence-corrected chi connectivity index (χ4v) is 3.24. The van der Waals surface area contributed by atoms with Crippen LogP contribution < -0.4 is 5.32 Å². The molecule has 1 fully saturated rings. The fourth-order valence-electron chi connectivity index (χ4n) is 3.24. The summed E-state index contributed by atoms with van der Waals surface area (Å²) in [5, 5.41) is 4.11. The van der Waals surface area contributed by atoms with E-state index >= 15 is 0 Å². The minimum atomic E-state index is 0.0589. The van der Waals surface area contributed by atoms with E-state index in [0.29, 0.717) is 13.1 Å². The van der Waals surface area contributed by atoms with Crippen molar-refractivity contribution in [1.29, 1.82) is 0 Å². The van der Waals surface area contributed by atoms with Crippen LogP contribution in [-0.4, -0.2) is 35.4 Å². The SMILES string of the molecule is O=C(CN1CCCC1)NCc1cc(-c2ccc3[nH]ccc3c2)co1. The molecule has 1 aliphatic heterocycles. The summed E-state index contributed by atoms with van der Waals surface area (Å²) < 4.78 is 5.60. The maximum Gasteiger partial charge on any atom is 0.234 e. The Morgan fingerprint density at radius 2 is 2.04 bits per heavy atom. The predicted molar refractivity (Wildman–Crippen MR) is 93.5 cm³/mol. The highest BCUT2D eigenvalue weighted by Gasteiger charge is 2.15. The number of aromatic nitrogens is 1. The molecule has 124 valence electrons. The molecule has 24 heavy (non-hydrogen) atoms. The highest BCUT2D eigenvalue weighted by atomic mass is 16.3. The first-order valence-electron chi connectivity index (χ1n) is 8.42. The number of likely N-dealkylation sites (tertiary alicyclic amines) is 1. The van der Waals surface area contributed by atoms with Crippen LogP contribution in [0.1, 0.15) is 18.6 Å². The second kappa shape index (κ2) is 6.53. The summed E-state index contributed by atoms with van der Waals surface area (Å²) in [6.07, 6.45) is 6.07. The van der Waals surface area contributed by atoms with Gasteiger partial charge in [0.2, 0.25) is 5.91 Å². The van der Waals surface area contributed by atoms with E-state index in [1.54, 1.807) is 6.26 Å². The van der Waals surface area contributed by atoms with Gasteiger partial charge in [0.1, 0.15) is 5.76 Å². The van der Waals surface area contributed by atoms with Crippen molar-refractivity contribution >= 4 is 16.8 Å². The quantitative estimate of drug-likeness (QED) is 0.758. The van der Waals surface area contributed by atoms with E-state index in [0.717, 1.165) is 35.5 Å². The molecule has 2 N–H and O–H groups in total. The van der Waals surface area contributed by atoms with Gasteiger partial charge in [-0.05, 0) is 61.1 Å². The summed E-state index contributed by atoms with van der Waals surface area (Å²) in [5.41, 5.74) is 3.26. The first-order chi connectivity index (χ1) is 11.8. The Morgan fingerprint density at radius 3 is 2.92 bits per heavy atom. The van der Waals surface area contributed by atoms with Crippen LogP contribution in [0.2, 0.25) is 0 Å². The van der Waals surface area contributed by atoms with E-state index in [1.165, 1.54) is 18.2 Å². The molecule has 1 amide bonds. The van der Waals surface area contributed by atoms with Crippen molar-refractivity contribution < 1.29 is 9.21 Å². The average molecular weight is 323 g/mol. The monoisotopic (exact) mass is 323 g/mol. The van der Waals surface area contributed by atoms with Crippen molar-refractivity contribution in [2.75, 3.05) is 19.6 Å². The summed E-state index contributed by atoms with van der Waals surface area (Å²) in [6, 6.07) is 10.3. The van der Waals surface area contributed by atoms with Crippen LogP contribution in [0.3, 0.4) is 0 Å². The number of hydrogen-bond acceptors (Lipinski definition) is 3. The van der Waals surface area contributed by atoms with Crippen LogP contribution in [0.25, 0.3) is 22.0 Å². The molecule has 0 radical (unpaired) electrons. The zero-order valence-electron chi connectivity index (χ0n) is 13.5. The number of carbonyl (C=O) groups is 1. The minimum Gasteiger partial charge on any atom is -0.467 e. The van der Waals surface area contributed by atoms with Gasteiger partial charge in [0.05, 0.1) is 19.4 Å². The molecule has 0 aliphatic carbocycles. The van der Waals surface area contributed by atoms with Gasteiger partial charge in [-0.15, -0.1) is 0 Å². The Morgan fingerprint density at radius 1 is 1.17 bits per heavy atom. The molecule has 5 nitrogen and oxygen atoms in total. The lowest BCUT2D eigenvalue weighted by molar-refractivity contribution is -0.122. The number of fused-ring (bicyclic) bond motifs is 1. The number of nitrogens with zero attached hydrogens (tertiary/aromatic N) is 1. The van der Waals surface area contributed by atoms with Crippen LogP contribution in [0.15, 0.2) is 47.2 Å². The lowest BCUT2D eigenvalue weighted by Gasteiger charge is -2.13. The van der Waals surface area contributed by atoms with Gasteiger partial charge in [-0.2, -0.15) is 0 Å². The fraction of sp³-hybridized carbons (Fsp3) is 0.316. The predicted octanol–water partition coefficient (Wildman–Crippen LogP) is 3.14. The number of carbonyl (C=O) groups excluding carboxylic acids is 1. The molecule has 0 saturated carbocycles. The van der Waals surface area contributed by atoms with Crippen LogP contribution in [0.5, 0.6) is 0 Å². The third-order valence-corrected chi connectivity index (χ3v) is 4.57. The van der Waals surface area contributed by atoms with E-state index in [9.17, 15) is 4.79 Å². The summed E-state index contributed by atoms with van der Waals surface area (Å²) in [6.45, 7) is 2.97. The largest absolute Gasteiger partial charge is 0.467 e. The Kier molecular flexibility index (Phi) is 4.09. The van der Waals surface area contributed by atoms with E-state index in [-0.39, 0.29) is 5.91 Å². The molecule has 2 aromatic heterocycles. The molecule has 0 unspecified atom stereocenters. The number of amides is 1. The van der Waals surface area contributed by atoms with E-state index in [4.69, 9.17) is 4.42 Å². The molecule has 1 aromatic carbocycles. The Labute approximate surface area is 140 Å². The first kappa shape index (κ1) is 15.0. The maximum atomic E-state index is 12.0. The molecule has 5 heteroatoms. The molecular weight excluding hydrogens is 302 g/mol. The van der Waals surface area contributed by atoms with Gasteiger partial charge < -0.3 is 14.7 Å². The number of hydrogen-bond donors (Lipinski definition) is 2. The van der Waals surface area contributed by atoms with Crippen molar-refractivity contribution in [3.8, 4) is 11.1 Å². The summed E-state index contributed by atoms with van der Waals surface area (Å²) in [7, 11) is 0. The molecule has 0 bridgehead atoms. The lowest BCUT2D eigenvalue weighted by Crippen LogP contribution is -2.35. The van der Waals surface area contributed by atoms with Gasteiger partial charge >= 0.3 is 0 Å². The van der Waals surface area contributed by atoms with Crippen molar-refractivity contribution in [3.05, 3.63) is 48.6 Å². The molecule has 1 saturated heterocycles. The Bertz CT molecular complexity index is 843. The average Bonchev–Trinajstić information content (AvgIpc) is 3.33. The molecular formula is C19H21N3O2. The number of H-pyrrole nitrogens is 1. The van der Waals surface area contributed by atoms with Gasteiger partial charge in [0, 0.05) is 17.3 Å². The molecule has 3 aromatic rings. The van der Waals surface area contributed by atoms with E-state index in [1.807, 2.05) is 12.3 Å². The molecule has 0 atom stereocenters. The van der Waals surface area contributed by atoms with Gasteiger partial charge in [0.25, 0.3) is 0 Å². The molecule has 4 rings (SSSR count).